The highest BCUT2D eigenvalue weighted by Gasteiger charge is 2.41. The van der Waals surface area contributed by atoms with Gasteiger partial charge in [0.05, 0.1) is 37.5 Å². The number of rotatable bonds is 37. The third-order valence-electron chi connectivity index (χ3n) is 17.8. The normalized spacial score (nSPS) is 21.5. The molecule has 1 aromatic rings. The zero-order valence-electron chi connectivity index (χ0n) is 57.4. The van der Waals surface area contributed by atoms with Crippen molar-refractivity contribution in [2.24, 2.45) is 35.3 Å². The Kier molecular flexibility index (Phi) is 36.1. The van der Waals surface area contributed by atoms with Crippen LogP contribution in [0.15, 0.2) is 30.3 Å². The Balaban J connectivity index is 1.81. The average Bonchev–Trinajstić information content (AvgIpc) is 1.41. The Bertz CT molecular complexity index is 2810. The molecule has 0 spiro atoms. The molecule has 2 heterocycles. The Morgan fingerprint density at radius 3 is 1.71 bits per heavy atom. The summed E-state index contributed by atoms with van der Waals surface area (Å²) in [7, 11) is 1.60. The zero-order chi connectivity index (χ0) is 71.9. The SMILES string of the molecule is CC[C@@H](C)[C@@H](NC(=O)[C@@H](CCC(N)=O)NC(=O)[C@H](CO)NC(=O)[C@@H](NC(=O)[C@@H](Cc1ccccc1)NC)[C@@H](C)CC)C(=O)N[C@H](C(=O)N[C@@H](CO)C(=O)N[C@H]1C(=O)C[C@@H](C)C(=O)N[C@@H](CCCCNC(=O)CN2CCC(=S)NC2)C(=O)N[C@@H]([C@@H](C)CC)C(=O)O[C@H]1C)[C@@H](C)CC. The third-order valence-corrected chi connectivity index (χ3v) is 18.2. The molecule has 16 N–H and O–H groups in total. The average molecular weight is 1370 g/mol. The lowest BCUT2D eigenvalue weighted by Crippen LogP contribution is -2.63. The maximum atomic E-state index is 14.5. The standard InChI is InChI=1S/C65H106N14O16S/c1-12-35(5)51(75-59(88)44(67-11)30-41-21-17-16-18-22-41)62(91)72-45(32-80)60(89)71-43(24-25-48(66)83)58(87)74-53(37(7)14-3)64(93)76-52(36(6)13-2)63(92)73-46(33-81)61(90)78-55-40(10)95-65(94)54(38(8)15-4)77-57(86)42(70-56(85)39(9)29-47(55)82)23-19-20-27-68-49(84)31-79-28-26-50(96)69-34-79/h16-18,21-22,35-40,42-46,51-55,67,80-81H,12-15,19-20,23-34H2,1-11H3,(H2,66,83)(H,68,84)(H,69,96)(H,70,85)(H,71,89)(H,72,91)(H,73,92)(H,74,87)(H,75,88)(H,76,93)(H,77,86)(H,78,90)/t35-,36-,37+,38-,39+,40-,42-,43+,44+,45-,46-,51-,52-,53+,54-,55+/m0/s1. The number of Topliss-reactive ketones (excluding diaryl/α,β-unsaturated/α-hetero) is 1. The Morgan fingerprint density at radius 1 is 0.677 bits per heavy atom. The van der Waals surface area contributed by atoms with Crippen LogP contribution in [0.4, 0.5) is 0 Å². The molecule has 2 aliphatic heterocycles. The molecule has 0 aliphatic carbocycles. The van der Waals surface area contributed by atoms with Crippen LogP contribution in [0.5, 0.6) is 0 Å². The third kappa shape index (κ3) is 26.7. The predicted octanol–water partition coefficient (Wildman–Crippen LogP) is -1.98. The molecular formula is C65H106N14O16S. The highest BCUT2D eigenvalue weighted by atomic mass is 32.1. The summed E-state index contributed by atoms with van der Waals surface area (Å²) in [5.41, 5.74) is 6.32. The van der Waals surface area contributed by atoms with E-state index >= 15 is 0 Å². The van der Waals surface area contributed by atoms with Crippen LogP contribution in [-0.4, -0.2) is 210 Å². The first-order valence-corrected chi connectivity index (χ1v) is 33.8. The Morgan fingerprint density at radius 2 is 1.20 bits per heavy atom. The van der Waals surface area contributed by atoms with Gasteiger partial charge in [-0.15, -0.1) is 0 Å². The van der Waals surface area contributed by atoms with Crippen LogP contribution in [0, 0.1) is 29.6 Å². The topological polar surface area (TPSA) is 445 Å². The summed E-state index contributed by atoms with van der Waals surface area (Å²) in [6, 6.07) is -4.85. The van der Waals surface area contributed by atoms with Crippen LogP contribution in [0.2, 0.25) is 0 Å². The summed E-state index contributed by atoms with van der Waals surface area (Å²) in [6.45, 7) is 15.9. The molecular weight excluding hydrogens is 1260 g/mol. The molecule has 0 unspecified atom stereocenters. The zero-order valence-corrected chi connectivity index (χ0v) is 58.2. The van der Waals surface area contributed by atoms with Crippen molar-refractivity contribution in [1.29, 1.82) is 0 Å². The number of ether oxygens (including phenoxy) is 1. The van der Waals surface area contributed by atoms with E-state index < -0.39 is 199 Å². The number of carbonyl (C=O) groups excluding carboxylic acids is 13. The van der Waals surface area contributed by atoms with Crippen molar-refractivity contribution < 1.29 is 77.3 Å². The number of esters is 1. The molecule has 2 saturated heterocycles. The van der Waals surface area contributed by atoms with Gasteiger partial charge >= 0.3 is 5.97 Å². The summed E-state index contributed by atoms with van der Waals surface area (Å²) in [5, 5.41) is 53.2. The van der Waals surface area contributed by atoms with Crippen molar-refractivity contribution in [2.45, 2.75) is 213 Å². The molecule has 1 aromatic carbocycles. The molecule has 30 nitrogen and oxygen atoms in total. The number of nitrogens with two attached hydrogens (primary N) is 1. The lowest BCUT2D eigenvalue weighted by atomic mass is 9.94. The largest absolute Gasteiger partial charge is 0.458 e. The molecule has 0 saturated carbocycles. The molecule has 16 atom stereocenters. The molecule has 2 aliphatic rings. The van der Waals surface area contributed by atoms with Crippen LogP contribution >= 0.6 is 12.2 Å². The van der Waals surface area contributed by atoms with Gasteiger partial charge in [-0.1, -0.05) is 131 Å². The number of amides is 11. The number of primary amides is 1. The first-order chi connectivity index (χ1) is 45.5. The lowest BCUT2D eigenvalue weighted by molar-refractivity contribution is -0.157. The van der Waals surface area contributed by atoms with Crippen LogP contribution in [0.1, 0.15) is 145 Å². The van der Waals surface area contributed by atoms with E-state index in [4.69, 9.17) is 22.7 Å². The molecule has 538 valence electrons. The summed E-state index contributed by atoms with van der Waals surface area (Å²) < 4.78 is 5.81. The minimum absolute atomic E-state index is 0.0999. The van der Waals surface area contributed by atoms with Crippen molar-refractivity contribution in [3.8, 4) is 0 Å². The number of ketones is 1. The second-order valence-corrected chi connectivity index (χ2v) is 25.7. The van der Waals surface area contributed by atoms with Crippen molar-refractivity contribution in [3.05, 3.63) is 35.9 Å². The second kappa shape index (κ2) is 42.1. The van der Waals surface area contributed by atoms with Crippen molar-refractivity contribution >= 4 is 93.9 Å². The van der Waals surface area contributed by atoms with E-state index in [2.05, 4.69) is 63.8 Å². The lowest BCUT2D eigenvalue weighted by Gasteiger charge is -2.31. The minimum atomic E-state index is -1.81. The number of nitrogens with zero attached hydrogens (tertiary/aromatic N) is 1. The van der Waals surface area contributed by atoms with Gasteiger partial charge < -0.3 is 84.5 Å². The second-order valence-electron chi connectivity index (χ2n) is 25.2. The summed E-state index contributed by atoms with van der Waals surface area (Å²) >= 11 is 5.16. The number of thiocarbonyl (C=S) groups is 1. The van der Waals surface area contributed by atoms with Gasteiger partial charge in [-0.25, -0.2) is 4.79 Å². The monoisotopic (exact) mass is 1370 g/mol. The van der Waals surface area contributed by atoms with E-state index in [1.54, 1.807) is 62.4 Å². The van der Waals surface area contributed by atoms with Crippen molar-refractivity contribution in [3.63, 3.8) is 0 Å². The number of carbonyl (C=O) groups is 13. The molecule has 3 rings (SSSR count). The smallest absolute Gasteiger partial charge is 0.329 e. The first kappa shape index (κ1) is 82.5. The molecule has 31 heteroatoms. The predicted molar refractivity (Wildman–Crippen MR) is 359 cm³/mol. The number of hydrogen-bond acceptors (Lipinski definition) is 19. The van der Waals surface area contributed by atoms with Gasteiger partial charge in [0.25, 0.3) is 0 Å². The highest BCUT2D eigenvalue weighted by molar-refractivity contribution is 7.80. The van der Waals surface area contributed by atoms with Gasteiger partial charge in [0, 0.05) is 38.3 Å². The number of benzene rings is 1. The quantitative estimate of drug-likeness (QED) is 0.0195. The van der Waals surface area contributed by atoms with Gasteiger partial charge in [-0.05, 0) is 75.3 Å². The first-order valence-electron chi connectivity index (χ1n) is 33.4. The summed E-state index contributed by atoms with van der Waals surface area (Å²) in [6.07, 6.45) is 0.314. The van der Waals surface area contributed by atoms with E-state index in [-0.39, 0.29) is 38.3 Å². The number of likely N-dealkylation sites (N-methyl/N-ethyl adjacent to an activating group) is 1. The maximum absolute atomic E-state index is 14.5. The van der Waals surface area contributed by atoms with E-state index in [9.17, 15) is 72.5 Å². The van der Waals surface area contributed by atoms with Gasteiger partial charge in [-0.3, -0.25) is 62.4 Å². The van der Waals surface area contributed by atoms with E-state index in [1.165, 1.54) is 13.8 Å². The summed E-state index contributed by atoms with van der Waals surface area (Å²) in [4.78, 5) is 182. The number of cyclic esters (lactones) is 1. The fourth-order valence-electron chi connectivity index (χ4n) is 10.6. The fourth-order valence-corrected chi connectivity index (χ4v) is 10.7. The van der Waals surface area contributed by atoms with Crippen molar-refractivity contribution in [2.75, 3.05) is 46.6 Å². The molecule has 96 heavy (non-hydrogen) atoms. The van der Waals surface area contributed by atoms with E-state index in [1.807, 2.05) is 35.2 Å². The van der Waals surface area contributed by atoms with Gasteiger partial charge in [-0.2, -0.15) is 0 Å². The van der Waals surface area contributed by atoms with Crippen LogP contribution in [0.3, 0.4) is 0 Å². The van der Waals surface area contributed by atoms with E-state index in [0.717, 1.165) is 10.6 Å². The molecule has 11 amide bonds. The van der Waals surface area contributed by atoms with Gasteiger partial charge in [0.1, 0.15) is 60.5 Å². The minimum Gasteiger partial charge on any atom is -0.458 e. The Hall–Kier alpha value is -7.74. The van der Waals surface area contributed by atoms with Crippen LogP contribution in [-0.2, 0) is 73.5 Å². The number of nitrogens with one attached hydrogen (secondary N) is 12. The molecule has 0 bridgehead atoms. The molecule has 2 fully saturated rings. The number of aliphatic hydroxyl groups is 2. The number of unbranched alkanes of at least 4 members (excludes halogenated alkanes) is 1. The van der Waals surface area contributed by atoms with Crippen LogP contribution in [0.25, 0.3) is 0 Å². The Labute approximate surface area is 568 Å². The number of hydrogen-bond donors (Lipinski definition) is 15. The fraction of sp³-hybridized carbons (Fsp3) is 0.692. The summed E-state index contributed by atoms with van der Waals surface area (Å²) in [5.74, 6) is -14.0. The van der Waals surface area contributed by atoms with E-state index in [0.29, 0.717) is 51.7 Å². The van der Waals surface area contributed by atoms with Crippen LogP contribution < -0.4 is 69.5 Å². The number of aliphatic hydroxyl groups excluding tert-OH is 2. The van der Waals surface area contributed by atoms with Crippen molar-refractivity contribution in [1.82, 2.24) is 68.7 Å². The van der Waals surface area contributed by atoms with Gasteiger partial charge in [0.2, 0.25) is 65.0 Å². The molecule has 0 radical (unpaired) electrons. The maximum Gasteiger partial charge on any atom is 0.329 e. The molecule has 0 aromatic heterocycles. The highest BCUT2D eigenvalue weighted by Crippen LogP contribution is 2.19. The van der Waals surface area contributed by atoms with Gasteiger partial charge in [0.15, 0.2) is 5.78 Å².